The second kappa shape index (κ2) is 8.27. The number of alkyl halides is 3. The zero-order valence-electron chi connectivity index (χ0n) is 15.2. The number of nitrogens with one attached hydrogen (secondary N) is 1. The fourth-order valence-corrected chi connectivity index (χ4v) is 4.37. The maximum atomic E-state index is 14.3. The molecule has 1 atom stereocenters. The summed E-state index contributed by atoms with van der Waals surface area (Å²) in [7, 11) is 0. The first kappa shape index (κ1) is 21.5. The van der Waals surface area contributed by atoms with E-state index < -0.39 is 22.8 Å². The largest absolute Gasteiger partial charge is 0.446 e. The zero-order chi connectivity index (χ0) is 21.2. The van der Waals surface area contributed by atoms with Crippen LogP contribution < -0.4 is 11.1 Å². The van der Waals surface area contributed by atoms with E-state index in [1.165, 1.54) is 48.2 Å². The number of aliphatic imine (C=N–C) groups is 1. The maximum Gasteiger partial charge on any atom is 0.446 e. The molecule has 0 fully saturated rings. The van der Waals surface area contributed by atoms with E-state index in [-0.39, 0.29) is 27.9 Å². The van der Waals surface area contributed by atoms with Gasteiger partial charge in [0.05, 0.1) is 11.2 Å². The van der Waals surface area contributed by atoms with E-state index >= 15 is 0 Å². The Bertz CT molecular complexity index is 947. The summed E-state index contributed by atoms with van der Waals surface area (Å²) in [5.74, 6) is -0.484. The summed E-state index contributed by atoms with van der Waals surface area (Å²) in [5.41, 5.74) is 1.57. The summed E-state index contributed by atoms with van der Waals surface area (Å²) >= 11 is 1.18. The van der Waals surface area contributed by atoms with Gasteiger partial charge in [-0.1, -0.05) is 17.8 Å². The molecule has 0 saturated heterocycles. The minimum atomic E-state index is -4.41. The Morgan fingerprint density at radius 2 is 1.93 bits per heavy atom. The van der Waals surface area contributed by atoms with Crippen LogP contribution in [0, 0.1) is 5.82 Å². The van der Waals surface area contributed by atoms with Gasteiger partial charge in [0.1, 0.15) is 5.82 Å². The van der Waals surface area contributed by atoms with E-state index in [0.717, 1.165) is 5.75 Å². The van der Waals surface area contributed by atoms with Crippen LogP contribution in [0.1, 0.15) is 29.3 Å². The average Bonchev–Trinajstić information content (AvgIpc) is 2.62. The van der Waals surface area contributed by atoms with E-state index in [4.69, 9.17) is 5.73 Å². The van der Waals surface area contributed by atoms with E-state index in [1.54, 1.807) is 6.07 Å². The number of nitrogens with two attached hydrogens (primary N) is 1. The molecule has 0 radical (unpaired) electrons. The molecule has 0 aliphatic carbocycles. The molecule has 1 unspecified atom stereocenters. The lowest BCUT2D eigenvalue weighted by atomic mass is 9.89. The topological polar surface area (TPSA) is 67.5 Å². The Labute approximate surface area is 173 Å². The van der Waals surface area contributed by atoms with E-state index in [2.05, 4.69) is 10.3 Å². The Balaban J connectivity index is 1.79. The number of nitrogens with zero attached hydrogens (tertiary/aromatic N) is 1. The van der Waals surface area contributed by atoms with Gasteiger partial charge >= 0.3 is 5.51 Å². The van der Waals surface area contributed by atoms with Crippen molar-refractivity contribution in [3.63, 3.8) is 0 Å². The molecule has 4 nitrogen and oxygen atoms in total. The Hall–Kier alpha value is -2.20. The molecule has 10 heteroatoms. The summed E-state index contributed by atoms with van der Waals surface area (Å²) in [6.07, 6.45) is 0.704. The van der Waals surface area contributed by atoms with Crippen molar-refractivity contribution in [3.05, 3.63) is 59.4 Å². The number of amides is 1. The van der Waals surface area contributed by atoms with Crippen molar-refractivity contribution in [1.82, 2.24) is 0 Å². The summed E-state index contributed by atoms with van der Waals surface area (Å²) in [6.45, 7) is 1.88. The normalized spacial score (nSPS) is 19.6. The lowest BCUT2D eigenvalue weighted by Crippen LogP contribution is -2.29. The molecule has 3 N–H and O–H groups in total. The highest BCUT2D eigenvalue weighted by Crippen LogP contribution is 2.38. The molecule has 154 valence electrons. The molecule has 3 rings (SSSR count). The van der Waals surface area contributed by atoms with Gasteiger partial charge in [0.2, 0.25) is 0 Å². The molecule has 1 aliphatic heterocycles. The van der Waals surface area contributed by atoms with Gasteiger partial charge in [0, 0.05) is 16.2 Å². The number of amidine groups is 1. The Morgan fingerprint density at radius 3 is 2.55 bits per heavy atom. The van der Waals surface area contributed by atoms with E-state index in [0.29, 0.717) is 17.2 Å². The Morgan fingerprint density at radius 1 is 1.24 bits per heavy atom. The average molecular weight is 443 g/mol. The number of halogens is 4. The van der Waals surface area contributed by atoms with Gasteiger partial charge in [0.25, 0.3) is 5.91 Å². The van der Waals surface area contributed by atoms with Gasteiger partial charge < -0.3 is 11.1 Å². The van der Waals surface area contributed by atoms with Crippen LogP contribution in [0.5, 0.6) is 0 Å². The summed E-state index contributed by atoms with van der Waals surface area (Å²) in [6, 6.07) is 9.25. The number of hydrogen-bond donors (Lipinski definition) is 2. The first-order valence-electron chi connectivity index (χ1n) is 8.51. The van der Waals surface area contributed by atoms with Crippen LogP contribution in [0.2, 0.25) is 0 Å². The van der Waals surface area contributed by atoms with Crippen molar-refractivity contribution < 1.29 is 22.4 Å². The van der Waals surface area contributed by atoms with Crippen molar-refractivity contribution in [2.24, 2.45) is 10.7 Å². The van der Waals surface area contributed by atoms with Crippen LogP contribution in [0.3, 0.4) is 0 Å². The van der Waals surface area contributed by atoms with Gasteiger partial charge in [-0.3, -0.25) is 9.79 Å². The number of thioether (sulfide) groups is 2. The smallest absolute Gasteiger partial charge is 0.379 e. The monoisotopic (exact) mass is 443 g/mol. The summed E-state index contributed by atoms with van der Waals surface area (Å²) < 4.78 is 51.5. The quantitative estimate of drug-likeness (QED) is 0.493. The number of hydrogen-bond acceptors (Lipinski definition) is 5. The summed E-state index contributed by atoms with van der Waals surface area (Å²) in [5, 5.41) is 2.92. The lowest BCUT2D eigenvalue weighted by Gasteiger charge is -2.30. The van der Waals surface area contributed by atoms with Crippen LogP contribution in [-0.4, -0.2) is 22.3 Å². The standard InChI is InChI=1S/C19H17F4N3OS2/c1-18(8-9-28-17(24)26-18)12-4-7-14(20)15(10-12)25-16(27)11-2-5-13(6-3-11)29-19(21,22)23/h2-7,10H,8-9H2,1H3,(H2,24,26)(H,25,27). The molecule has 0 saturated carbocycles. The number of carbonyl (C=O) groups excluding carboxylic acids is 1. The second-order valence-electron chi connectivity index (χ2n) is 6.54. The highest BCUT2D eigenvalue weighted by molar-refractivity contribution is 8.13. The third-order valence-corrected chi connectivity index (χ3v) is 5.92. The molecule has 0 spiro atoms. The van der Waals surface area contributed by atoms with Gasteiger partial charge in [-0.25, -0.2) is 4.39 Å². The summed E-state index contributed by atoms with van der Waals surface area (Å²) in [4.78, 5) is 16.8. The van der Waals surface area contributed by atoms with Crippen LogP contribution >= 0.6 is 23.5 Å². The Kier molecular flexibility index (Phi) is 6.13. The van der Waals surface area contributed by atoms with Gasteiger partial charge in [-0.2, -0.15) is 13.2 Å². The fraction of sp³-hybridized carbons (Fsp3) is 0.263. The highest BCUT2D eigenvalue weighted by Gasteiger charge is 2.31. The minimum absolute atomic E-state index is 0.0329. The molecule has 2 aromatic carbocycles. The number of anilines is 1. The van der Waals surface area contributed by atoms with Crippen LogP contribution in [-0.2, 0) is 5.54 Å². The first-order valence-corrected chi connectivity index (χ1v) is 10.3. The highest BCUT2D eigenvalue weighted by atomic mass is 32.2. The SMILES string of the molecule is CC1(c2ccc(F)c(NC(=O)c3ccc(SC(F)(F)F)cc3)c2)CCSC(N)=N1. The van der Waals surface area contributed by atoms with Crippen molar-refractivity contribution in [3.8, 4) is 0 Å². The third-order valence-electron chi connectivity index (χ3n) is 4.38. The molecule has 1 aliphatic rings. The van der Waals surface area contributed by atoms with Crippen molar-refractivity contribution in [2.75, 3.05) is 11.1 Å². The lowest BCUT2D eigenvalue weighted by molar-refractivity contribution is -0.0328. The van der Waals surface area contributed by atoms with Gasteiger partial charge in [-0.15, -0.1) is 0 Å². The van der Waals surface area contributed by atoms with E-state index in [1.807, 2.05) is 6.92 Å². The number of rotatable bonds is 4. The maximum absolute atomic E-state index is 14.3. The second-order valence-corrected chi connectivity index (χ2v) is 8.80. The number of carbonyl (C=O) groups is 1. The molecular formula is C19H17F4N3OS2. The van der Waals surface area contributed by atoms with Crippen LogP contribution in [0.4, 0.5) is 23.2 Å². The molecule has 0 bridgehead atoms. The fourth-order valence-electron chi connectivity index (χ4n) is 2.85. The van der Waals surface area contributed by atoms with Gasteiger partial charge in [0.15, 0.2) is 5.17 Å². The molecular weight excluding hydrogens is 426 g/mol. The zero-order valence-corrected chi connectivity index (χ0v) is 16.8. The molecule has 2 aromatic rings. The molecule has 0 aromatic heterocycles. The molecule has 29 heavy (non-hydrogen) atoms. The van der Waals surface area contributed by atoms with Crippen molar-refractivity contribution >= 4 is 40.3 Å². The molecule has 1 amide bonds. The minimum Gasteiger partial charge on any atom is -0.379 e. The van der Waals surface area contributed by atoms with Crippen molar-refractivity contribution in [2.45, 2.75) is 29.3 Å². The number of benzene rings is 2. The predicted molar refractivity (Wildman–Crippen MR) is 109 cm³/mol. The van der Waals surface area contributed by atoms with Crippen LogP contribution in [0.25, 0.3) is 0 Å². The van der Waals surface area contributed by atoms with Gasteiger partial charge in [-0.05, 0) is 67.1 Å². The first-order chi connectivity index (χ1) is 13.6. The van der Waals surface area contributed by atoms with Crippen LogP contribution in [0.15, 0.2) is 52.4 Å². The molecule has 1 heterocycles. The predicted octanol–water partition coefficient (Wildman–Crippen LogP) is 5.36. The van der Waals surface area contributed by atoms with E-state index in [9.17, 15) is 22.4 Å². The third kappa shape index (κ3) is 5.45. The van der Waals surface area contributed by atoms with Crippen molar-refractivity contribution in [1.29, 1.82) is 0 Å².